The van der Waals surface area contributed by atoms with Gasteiger partial charge in [-0.05, 0) is 31.6 Å². The maximum Gasteiger partial charge on any atom is 0.163 e. The fourth-order valence-corrected chi connectivity index (χ4v) is 1.79. The molecule has 1 rings (SSSR count). The highest BCUT2D eigenvalue weighted by molar-refractivity contribution is 9.10. The first kappa shape index (κ1) is 14.1. The molecule has 17 heavy (non-hydrogen) atoms. The van der Waals surface area contributed by atoms with E-state index in [1.54, 1.807) is 12.1 Å². The third-order valence-corrected chi connectivity index (χ3v) is 2.92. The van der Waals surface area contributed by atoms with Gasteiger partial charge in [-0.25, -0.2) is 0 Å². The number of carbonyl (C=O) groups excluding carboxylic acids is 1. The molecule has 1 aromatic carbocycles. The van der Waals surface area contributed by atoms with Crippen molar-refractivity contribution in [2.75, 3.05) is 12.3 Å². The first-order valence-corrected chi connectivity index (χ1v) is 6.17. The first-order valence-electron chi connectivity index (χ1n) is 4.94. The number of rotatable bonds is 4. The molecular formula is C12H13BrClNO2. The molecule has 0 fully saturated rings. The highest BCUT2D eigenvalue weighted by atomic mass is 79.9. The van der Waals surface area contributed by atoms with Crippen LogP contribution in [-0.4, -0.2) is 12.4 Å². The molecule has 0 amide bonds. The van der Waals surface area contributed by atoms with Crippen LogP contribution < -0.4 is 10.5 Å². The third kappa shape index (κ3) is 3.75. The van der Waals surface area contributed by atoms with Gasteiger partial charge in [0, 0.05) is 10.0 Å². The van der Waals surface area contributed by atoms with Crippen LogP contribution >= 0.6 is 27.5 Å². The number of nitrogen functional groups attached to an aromatic ring is 1. The molecule has 0 aliphatic carbocycles. The van der Waals surface area contributed by atoms with E-state index in [1.807, 2.05) is 6.92 Å². The summed E-state index contributed by atoms with van der Waals surface area (Å²) in [6, 6.07) is 3.38. The second kappa shape index (κ2) is 6.07. The average molecular weight is 319 g/mol. The molecule has 0 aliphatic heterocycles. The molecule has 92 valence electrons. The van der Waals surface area contributed by atoms with Gasteiger partial charge < -0.3 is 10.5 Å². The predicted molar refractivity (Wildman–Crippen MR) is 73.7 cm³/mol. The minimum absolute atomic E-state index is 0.0968. The summed E-state index contributed by atoms with van der Waals surface area (Å²) in [7, 11) is 0. The van der Waals surface area contributed by atoms with Gasteiger partial charge in [0.15, 0.2) is 11.5 Å². The molecule has 0 radical (unpaired) electrons. The van der Waals surface area contributed by atoms with Gasteiger partial charge in [-0.1, -0.05) is 27.5 Å². The lowest BCUT2D eigenvalue weighted by molar-refractivity contribution is 0.101. The summed E-state index contributed by atoms with van der Waals surface area (Å²) in [5.41, 5.74) is 8.99. The molecule has 2 N–H and O–H groups in total. The van der Waals surface area contributed by atoms with E-state index < -0.39 is 0 Å². The minimum Gasteiger partial charge on any atom is -0.486 e. The molecule has 0 aliphatic rings. The lowest BCUT2D eigenvalue weighted by Gasteiger charge is -2.13. The Kier molecular flexibility index (Phi) is 5.02. The number of hydrogen-bond acceptors (Lipinski definition) is 3. The molecule has 0 saturated carbocycles. The fraction of sp³-hybridized carbons (Fsp3) is 0.250. The Hall–Kier alpha value is -1.00. The van der Waals surface area contributed by atoms with Crippen molar-refractivity contribution in [2.45, 2.75) is 13.8 Å². The number of hydrogen-bond donors (Lipinski definition) is 1. The number of ether oxygens (including phenoxy) is 1. The fourth-order valence-electron chi connectivity index (χ4n) is 1.25. The Labute approximate surface area is 114 Å². The number of ketones is 1. The largest absolute Gasteiger partial charge is 0.486 e. The van der Waals surface area contributed by atoms with E-state index >= 15 is 0 Å². The van der Waals surface area contributed by atoms with Gasteiger partial charge in [-0.15, -0.1) is 0 Å². The predicted octanol–water partition coefficient (Wildman–Crippen LogP) is 3.76. The molecule has 0 atom stereocenters. The highest BCUT2D eigenvalue weighted by Gasteiger charge is 2.13. The minimum atomic E-state index is -0.0968. The van der Waals surface area contributed by atoms with Gasteiger partial charge in [0.1, 0.15) is 6.61 Å². The van der Waals surface area contributed by atoms with Gasteiger partial charge in [0.05, 0.1) is 11.3 Å². The summed E-state index contributed by atoms with van der Waals surface area (Å²) in [6.07, 6.45) is 0. The van der Waals surface area contributed by atoms with Crippen molar-refractivity contribution in [3.8, 4) is 5.75 Å². The van der Waals surface area contributed by atoms with E-state index in [-0.39, 0.29) is 5.78 Å². The molecule has 0 aromatic heterocycles. The maximum atomic E-state index is 11.5. The van der Waals surface area contributed by atoms with Crippen molar-refractivity contribution in [3.05, 3.63) is 33.3 Å². The lowest BCUT2D eigenvalue weighted by Crippen LogP contribution is -2.06. The van der Waals surface area contributed by atoms with Crippen LogP contribution in [0.3, 0.4) is 0 Å². The summed E-state index contributed by atoms with van der Waals surface area (Å²) in [5.74, 6) is 0.305. The van der Waals surface area contributed by atoms with Gasteiger partial charge in [0.2, 0.25) is 0 Å². The first-order chi connectivity index (χ1) is 7.95. The van der Waals surface area contributed by atoms with Crippen molar-refractivity contribution in [3.63, 3.8) is 0 Å². The molecule has 1 aromatic rings. The Morgan fingerprint density at radius 2 is 2.18 bits per heavy atom. The normalized spacial score (nSPS) is 11.4. The molecule has 5 heteroatoms. The standard InChI is InChI=1S/C12H13BrClNO2/c1-7(5-14)6-17-12-10(8(2)16)3-9(13)4-11(12)15/h3-5H,6,15H2,1-2H3/b7-5+. The van der Waals surface area contributed by atoms with E-state index in [9.17, 15) is 4.79 Å². The lowest BCUT2D eigenvalue weighted by atomic mass is 10.1. The molecule has 0 spiro atoms. The summed E-state index contributed by atoms with van der Waals surface area (Å²) in [4.78, 5) is 11.5. The van der Waals surface area contributed by atoms with Crippen molar-refractivity contribution in [1.29, 1.82) is 0 Å². The van der Waals surface area contributed by atoms with Crippen LogP contribution in [0.1, 0.15) is 24.2 Å². The molecule has 0 unspecified atom stereocenters. The average Bonchev–Trinajstić information content (AvgIpc) is 2.26. The number of carbonyl (C=O) groups is 1. The van der Waals surface area contributed by atoms with Crippen molar-refractivity contribution < 1.29 is 9.53 Å². The Bertz CT molecular complexity index is 472. The van der Waals surface area contributed by atoms with E-state index in [0.717, 1.165) is 10.0 Å². The third-order valence-electron chi connectivity index (χ3n) is 2.09. The molecular weight excluding hydrogens is 305 g/mol. The van der Waals surface area contributed by atoms with Crippen molar-refractivity contribution in [2.24, 2.45) is 0 Å². The van der Waals surface area contributed by atoms with E-state index in [0.29, 0.717) is 23.6 Å². The summed E-state index contributed by atoms with van der Waals surface area (Å²) < 4.78 is 6.26. The highest BCUT2D eigenvalue weighted by Crippen LogP contribution is 2.31. The van der Waals surface area contributed by atoms with Crippen LogP contribution in [0.25, 0.3) is 0 Å². The number of anilines is 1. The van der Waals surface area contributed by atoms with E-state index in [2.05, 4.69) is 15.9 Å². The Morgan fingerprint density at radius 3 is 2.71 bits per heavy atom. The Morgan fingerprint density at radius 1 is 1.53 bits per heavy atom. The topological polar surface area (TPSA) is 52.3 Å². The molecule has 3 nitrogen and oxygen atoms in total. The molecule has 0 bridgehead atoms. The number of nitrogens with two attached hydrogens (primary N) is 1. The van der Waals surface area contributed by atoms with Crippen LogP contribution in [-0.2, 0) is 0 Å². The summed E-state index contributed by atoms with van der Waals surface area (Å²) in [5, 5.41) is 0. The van der Waals surface area contributed by atoms with E-state index in [4.69, 9.17) is 22.1 Å². The SMILES string of the molecule is CC(=O)c1cc(Br)cc(N)c1OC/C(C)=C/Cl. The maximum absolute atomic E-state index is 11.5. The monoisotopic (exact) mass is 317 g/mol. The van der Waals surface area contributed by atoms with Gasteiger partial charge in [0.25, 0.3) is 0 Å². The molecule has 0 saturated heterocycles. The van der Waals surface area contributed by atoms with Crippen LogP contribution in [0, 0.1) is 0 Å². The van der Waals surface area contributed by atoms with Crippen LogP contribution in [0.5, 0.6) is 5.75 Å². The second-order valence-corrected chi connectivity index (χ2v) is 4.81. The van der Waals surface area contributed by atoms with Crippen LogP contribution in [0.2, 0.25) is 0 Å². The zero-order chi connectivity index (χ0) is 13.0. The quantitative estimate of drug-likeness (QED) is 0.679. The smallest absolute Gasteiger partial charge is 0.163 e. The zero-order valence-corrected chi connectivity index (χ0v) is 11.9. The second-order valence-electron chi connectivity index (χ2n) is 3.67. The van der Waals surface area contributed by atoms with Gasteiger partial charge in [-0.2, -0.15) is 0 Å². The van der Waals surface area contributed by atoms with Crippen molar-refractivity contribution in [1.82, 2.24) is 0 Å². The number of benzene rings is 1. The molecule has 0 heterocycles. The Balaban J connectivity index is 3.08. The summed E-state index contributed by atoms with van der Waals surface area (Å²) in [6.45, 7) is 3.60. The van der Waals surface area contributed by atoms with Crippen LogP contribution in [0.15, 0.2) is 27.7 Å². The number of halogens is 2. The van der Waals surface area contributed by atoms with Gasteiger partial charge >= 0.3 is 0 Å². The zero-order valence-electron chi connectivity index (χ0n) is 9.59. The van der Waals surface area contributed by atoms with Crippen LogP contribution in [0.4, 0.5) is 5.69 Å². The van der Waals surface area contributed by atoms with Gasteiger partial charge in [-0.3, -0.25) is 4.79 Å². The van der Waals surface area contributed by atoms with Crippen molar-refractivity contribution >= 4 is 39.0 Å². The summed E-state index contributed by atoms with van der Waals surface area (Å²) >= 11 is 8.83. The number of Topliss-reactive ketones (excluding diaryl/α,β-unsaturated/α-hetero) is 1. The van der Waals surface area contributed by atoms with E-state index in [1.165, 1.54) is 12.5 Å².